The number of pyridine rings is 1. The van der Waals surface area contributed by atoms with Crippen LogP contribution in [0.5, 0.6) is 0 Å². The highest BCUT2D eigenvalue weighted by Crippen LogP contribution is 2.34. The Hall–Kier alpha value is -4.36. The number of hydrogen-bond donors (Lipinski definition) is 2. The number of carbonyl (C=O) groups excluding carboxylic acids is 1. The van der Waals surface area contributed by atoms with Gasteiger partial charge in [-0.05, 0) is 84.0 Å². The van der Waals surface area contributed by atoms with E-state index in [-0.39, 0.29) is 16.9 Å². The molecular formula is C35H40N4O3. The number of amides is 1. The number of morpholine rings is 1. The van der Waals surface area contributed by atoms with E-state index in [0.29, 0.717) is 11.3 Å². The summed E-state index contributed by atoms with van der Waals surface area (Å²) in [6, 6.07) is 21.8. The smallest absolute Gasteiger partial charge is 0.274 e. The summed E-state index contributed by atoms with van der Waals surface area (Å²) in [5.41, 5.74) is 8.61. The van der Waals surface area contributed by atoms with Crippen LogP contribution in [0.25, 0.3) is 11.1 Å². The van der Waals surface area contributed by atoms with Gasteiger partial charge in [0.2, 0.25) is 0 Å². The predicted octanol–water partition coefficient (Wildman–Crippen LogP) is 6.80. The first-order valence-electron chi connectivity index (χ1n) is 14.4. The van der Waals surface area contributed by atoms with Gasteiger partial charge in [0.1, 0.15) is 5.69 Å². The van der Waals surface area contributed by atoms with Crippen molar-refractivity contribution in [1.82, 2.24) is 4.57 Å². The zero-order chi connectivity index (χ0) is 30.0. The van der Waals surface area contributed by atoms with E-state index >= 15 is 0 Å². The molecule has 7 heteroatoms. The lowest BCUT2D eigenvalue weighted by Crippen LogP contribution is -2.36. The minimum absolute atomic E-state index is 0.0215. The van der Waals surface area contributed by atoms with Gasteiger partial charge in [-0.25, -0.2) is 0 Å². The van der Waals surface area contributed by atoms with E-state index in [9.17, 15) is 9.59 Å². The molecule has 1 amide bonds. The van der Waals surface area contributed by atoms with E-state index < -0.39 is 0 Å². The standard InChI is InChI=1S/C35H40N4O3/c1-23-29(8-7-9-31(23)37-33(40)25-10-12-26(13-11-25)35(3,4)5)30-22-38(6)34(41)32(24(30)2)36-27-14-16-28(17-15-27)39-18-20-42-21-19-39/h7-17,22,36H,18-21H2,1-6H3,(H,37,40). The lowest BCUT2D eigenvalue weighted by Gasteiger charge is -2.29. The highest BCUT2D eigenvalue weighted by atomic mass is 16.5. The molecular weight excluding hydrogens is 524 g/mol. The van der Waals surface area contributed by atoms with E-state index in [1.807, 2.05) is 74.6 Å². The maximum absolute atomic E-state index is 13.3. The van der Waals surface area contributed by atoms with Gasteiger partial charge in [-0.15, -0.1) is 0 Å². The Morgan fingerprint density at radius 1 is 0.857 bits per heavy atom. The maximum Gasteiger partial charge on any atom is 0.274 e. The molecule has 0 aliphatic carbocycles. The topological polar surface area (TPSA) is 75.6 Å². The number of benzene rings is 3. The molecule has 1 aliphatic rings. The Morgan fingerprint density at radius 3 is 2.17 bits per heavy atom. The van der Waals surface area contributed by atoms with Gasteiger partial charge >= 0.3 is 0 Å². The van der Waals surface area contributed by atoms with Crippen molar-refractivity contribution in [3.05, 3.63) is 106 Å². The maximum atomic E-state index is 13.3. The highest BCUT2D eigenvalue weighted by molar-refractivity contribution is 6.05. The van der Waals surface area contributed by atoms with Crippen LogP contribution in [-0.4, -0.2) is 36.8 Å². The summed E-state index contributed by atoms with van der Waals surface area (Å²) in [7, 11) is 1.76. The zero-order valence-electron chi connectivity index (χ0n) is 25.4. The van der Waals surface area contributed by atoms with Gasteiger partial charge < -0.3 is 24.8 Å². The molecule has 5 rings (SSSR count). The first-order valence-corrected chi connectivity index (χ1v) is 14.4. The van der Waals surface area contributed by atoms with Crippen LogP contribution in [0.3, 0.4) is 0 Å². The third-order valence-electron chi connectivity index (χ3n) is 8.03. The monoisotopic (exact) mass is 564 g/mol. The Bertz CT molecular complexity index is 1640. The van der Waals surface area contributed by atoms with Crippen LogP contribution in [0.15, 0.2) is 77.7 Å². The minimum atomic E-state index is -0.157. The number of nitrogens with one attached hydrogen (secondary N) is 2. The molecule has 0 bridgehead atoms. The van der Waals surface area contributed by atoms with Gasteiger partial charge in [0.05, 0.1) is 13.2 Å². The van der Waals surface area contributed by atoms with Crippen molar-refractivity contribution in [2.24, 2.45) is 7.05 Å². The van der Waals surface area contributed by atoms with Crippen LogP contribution >= 0.6 is 0 Å². The Balaban J connectivity index is 1.41. The summed E-state index contributed by atoms with van der Waals surface area (Å²) < 4.78 is 7.07. The fourth-order valence-electron chi connectivity index (χ4n) is 5.34. The van der Waals surface area contributed by atoms with E-state index in [4.69, 9.17) is 4.74 Å². The molecule has 1 aromatic heterocycles. The summed E-state index contributed by atoms with van der Waals surface area (Å²) in [6.07, 6.45) is 1.86. The van der Waals surface area contributed by atoms with E-state index in [2.05, 4.69) is 48.4 Å². The van der Waals surface area contributed by atoms with Crippen LogP contribution in [0, 0.1) is 13.8 Å². The van der Waals surface area contributed by atoms with Gasteiger partial charge in [-0.1, -0.05) is 45.0 Å². The van der Waals surface area contributed by atoms with E-state index in [0.717, 1.165) is 65.6 Å². The van der Waals surface area contributed by atoms with Gasteiger partial charge in [0, 0.05) is 54.5 Å². The number of rotatable bonds is 6. The Kier molecular flexibility index (Phi) is 8.23. The van der Waals surface area contributed by atoms with Crippen LogP contribution in [0.1, 0.15) is 47.8 Å². The van der Waals surface area contributed by atoms with E-state index in [1.165, 1.54) is 5.56 Å². The molecule has 1 aliphatic heterocycles. The van der Waals surface area contributed by atoms with Crippen LogP contribution in [0.4, 0.5) is 22.7 Å². The third kappa shape index (κ3) is 6.11. The number of aromatic nitrogens is 1. The molecule has 4 aromatic rings. The number of hydrogen-bond acceptors (Lipinski definition) is 5. The number of ether oxygens (including phenoxy) is 1. The van der Waals surface area contributed by atoms with Crippen LogP contribution < -0.4 is 21.1 Å². The molecule has 7 nitrogen and oxygen atoms in total. The van der Waals surface area contributed by atoms with Crippen molar-refractivity contribution in [3.63, 3.8) is 0 Å². The molecule has 1 fully saturated rings. The molecule has 2 heterocycles. The fourth-order valence-corrected chi connectivity index (χ4v) is 5.34. The molecule has 0 spiro atoms. The normalized spacial score (nSPS) is 13.6. The van der Waals surface area contributed by atoms with Gasteiger partial charge in [-0.2, -0.15) is 0 Å². The molecule has 0 unspecified atom stereocenters. The number of carbonyl (C=O) groups is 1. The predicted molar refractivity (Wildman–Crippen MR) is 172 cm³/mol. The number of aryl methyl sites for hydroxylation is 1. The highest BCUT2D eigenvalue weighted by Gasteiger charge is 2.18. The molecule has 0 atom stereocenters. The fraction of sp³-hybridized carbons (Fsp3) is 0.314. The first-order chi connectivity index (χ1) is 20.0. The zero-order valence-corrected chi connectivity index (χ0v) is 25.4. The average molecular weight is 565 g/mol. The van der Waals surface area contributed by atoms with Crippen molar-refractivity contribution in [2.45, 2.75) is 40.0 Å². The van der Waals surface area contributed by atoms with Crippen molar-refractivity contribution >= 4 is 28.7 Å². The minimum Gasteiger partial charge on any atom is -0.378 e. The van der Waals surface area contributed by atoms with Gasteiger partial charge in [0.25, 0.3) is 11.5 Å². The summed E-state index contributed by atoms with van der Waals surface area (Å²) in [4.78, 5) is 28.7. The molecule has 0 saturated carbocycles. The second-order valence-corrected chi connectivity index (χ2v) is 12.0. The molecule has 1 saturated heterocycles. The number of nitrogens with zero attached hydrogens (tertiary/aromatic N) is 2. The van der Waals surface area contributed by atoms with Crippen LogP contribution in [-0.2, 0) is 17.2 Å². The third-order valence-corrected chi connectivity index (χ3v) is 8.03. The largest absolute Gasteiger partial charge is 0.378 e. The second-order valence-electron chi connectivity index (χ2n) is 12.0. The summed E-state index contributed by atoms with van der Waals surface area (Å²) >= 11 is 0. The summed E-state index contributed by atoms with van der Waals surface area (Å²) in [6.45, 7) is 13.6. The molecule has 2 N–H and O–H groups in total. The number of anilines is 4. The van der Waals surface area contributed by atoms with Gasteiger partial charge in [-0.3, -0.25) is 9.59 Å². The Labute approximate surface area is 248 Å². The van der Waals surface area contributed by atoms with Crippen molar-refractivity contribution < 1.29 is 9.53 Å². The molecule has 42 heavy (non-hydrogen) atoms. The van der Waals surface area contributed by atoms with Crippen LogP contribution in [0.2, 0.25) is 0 Å². The molecule has 0 radical (unpaired) electrons. The SMILES string of the molecule is Cc1c(NC(=O)c2ccc(C(C)(C)C)cc2)cccc1-c1cn(C)c(=O)c(Nc2ccc(N3CCOCC3)cc2)c1C. The summed E-state index contributed by atoms with van der Waals surface area (Å²) in [5.74, 6) is -0.157. The van der Waals surface area contributed by atoms with Crippen molar-refractivity contribution in [2.75, 3.05) is 41.8 Å². The second kappa shape index (κ2) is 11.9. The van der Waals surface area contributed by atoms with Gasteiger partial charge in [0.15, 0.2) is 0 Å². The van der Waals surface area contributed by atoms with Crippen molar-refractivity contribution in [3.8, 4) is 11.1 Å². The van der Waals surface area contributed by atoms with Crippen molar-refractivity contribution in [1.29, 1.82) is 0 Å². The Morgan fingerprint density at radius 2 is 1.52 bits per heavy atom. The lowest BCUT2D eigenvalue weighted by molar-refractivity contribution is 0.102. The molecule has 3 aromatic carbocycles. The lowest BCUT2D eigenvalue weighted by atomic mass is 9.86. The summed E-state index contributed by atoms with van der Waals surface area (Å²) in [5, 5.41) is 6.47. The first kappa shape index (κ1) is 29.1. The quantitative estimate of drug-likeness (QED) is 0.269. The molecule has 218 valence electrons. The van der Waals surface area contributed by atoms with E-state index in [1.54, 1.807) is 11.6 Å². The average Bonchev–Trinajstić information content (AvgIpc) is 2.99.